The van der Waals surface area contributed by atoms with Crippen LogP contribution in [-0.4, -0.2) is 33.8 Å². The Kier molecular flexibility index (Phi) is 2.66. The van der Waals surface area contributed by atoms with Crippen LogP contribution in [0.1, 0.15) is 0 Å². The van der Waals surface area contributed by atoms with Crippen LogP contribution in [-0.2, 0) is 4.74 Å². The van der Waals surface area contributed by atoms with Crippen LogP contribution in [0.5, 0.6) is 0 Å². The van der Waals surface area contributed by atoms with Gasteiger partial charge in [-0.15, -0.1) is 0 Å². The van der Waals surface area contributed by atoms with Gasteiger partial charge in [-0.3, -0.25) is 0 Å². The SMILES string of the molecule is O=[N+]([O-])N1CCOC1CI. The van der Waals surface area contributed by atoms with Gasteiger partial charge in [0.1, 0.15) is 6.54 Å². The van der Waals surface area contributed by atoms with Gasteiger partial charge in [0.15, 0.2) is 11.3 Å². The van der Waals surface area contributed by atoms with Crippen molar-refractivity contribution in [1.82, 2.24) is 5.01 Å². The summed E-state index contributed by atoms with van der Waals surface area (Å²) in [6.45, 7) is 0.870. The molecule has 1 unspecified atom stereocenters. The van der Waals surface area contributed by atoms with E-state index in [1.54, 1.807) is 0 Å². The molecule has 0 amide bonds. The number of hydrazine groups is 1. The summed E-state index contributed by atoms with van der Waals surface area (Å²) >= 11 is 2.07. The normalized spacial score (nSPS) is 25.3. The lowest BCUT2D eigenvalue weighted by Crippen LogP contribution is -2.36. The van der Waals surface area contributed by atoms with Gasteiger partial charge in [0.25, 0.3) is 0 Å². The molecule has 0 N–H and O–H groups in total. The van der Waals surface area contributed by atoms with E-state index in [-0.39, 0.29) is 6.23 Å². The number of alkyl halides is 1. The van der Waals surface area contributed by atoms with Gasteiger partial charge in [-0.05, 0) is 0 Å². The predicted molar refractivity (Wildman–Crippen MR) is 42.3 cm³/mol. The lowest BCUT2D eigenvalue weighted by atomic mass is 10.6. The van der Waals surface area contributed by atoms with E-state index in [2.05, 4.69) is 22.6 Å². The number of hydrogen-bond acceptors (Lipinski definition) is 3. The summed E-state index contributed by atoms with van der Waals surface area (Å²) in [6.07, 6.45) is -0.324. The van der Waals surface area contributed by atoms with Crippen LogP contribution < -0.4 is 0 Å². The fourth-order valence-corrected chi connectivity index (χ4v) is 1.53. The van der Waals surface area contributed by atoms with E-state index in [0.29, 0.717) is 17.6 Å². The molecule has 6 heteroatoms. The van der Waals surface area contributed by atoms with Crippen molar-refractivity contribution in [3.05, 3.63) is 10.1 Å². The predicted octanol–water partition coefficient (Wildman–Crippen LogP) is 0.271. The molecule has 1 rings (SSSR count). The summed E-state index contributed by atoms with van der Waals surface area (Å²) in [4.78, 5) is 10.2. The summed E-state index contributed by atoms with van der Waals surface area (Å²) in [6, 6.07) is 0. The molecule has 0 radical (unpaired) electrons. The van der Waals surface area contributed by atoms with E-state index in [0.717, 1.165) is 5.01 Å². The molecule has 1 fully saturated rings. The van der Waals surface area contributed by atoms with Crippen molar-refractivity contribution in [2.45, 2.75) is 6.23 Å². The number of nitro groups is 1. The second-order valence-corrected chi connectivity index (χ2v) is 2.76. The van der Waals surface area contributed by atoms with Gasteiger partial charge >= 0.3 is 0 Å². The molecule has 0 aromatic heterocycles. The molecule has 0 aromatic carbocycles. The molecular weight excluding hydrogens is 251 g/mol. The highest BCUT2D eigenvalue weighted by atomic mass is 127. The third-order valence-corrected chi connectivity index (χ3v) is 2.06. The lowest BCUT2D eigenvalue weighted by Gasteiger charge is -2.11. The van der Waals surface area contributed by atoms with Crippen LogP contribution in [0, 0.1) is 10.1 Å². The molecule has 58 valence electrons. The van der Waals surface area contributed by atoms with Crippen LogP contribution in [0.3, 0.4) is 0 Å². The summed E-state index contributed by atoms with van der Waals surface area (Å²) in [7, 11) is 0. The largest absolute Gasteiger partial charge is 0.350 e. The Bertz CT molecular complexity index is 142. The van der Waals surface area contributed by atoms with Crippen molar-refractivity contribution in [2.24, 2.45) is 0 Å². The highest BCUT2D eigenvalue weighted by molar-refractivity contribution is 14.1. The van der Waals surface area contributed by atoms with E-state index in [9.17, 15) is 10.1 Å². The van der Waals surface area contributed by atoms with Crippen LogP contribution in [0.2, 0.25) is 0 Å². The molecular formula is C4H7IN2O3. The van der Waals surface area contributed by atoms with E-state index in [1.165, 1.54) is 0 Å². The Hall–Kier alpha value is -0.110. The standard InChI is InChI=1S/C4H7IN2O3/c5-3-4-6(7(8)9)1-2-10-4/h4H,1-3H2. The third kappa shape index (κ3) is 1.48. The van der Waals surface area contributed by atoms with Crippen molar-refractivity contribution < 1.29 is 9.77 Å². The Balaban J connectivity index is 2.50. The Morgan fingerprint density at radius 1 is 1.90 bits per heavy atom. The Labute approximate surface area is 71.6 Å². The highest BCUT2D eigenvalue weighted by Gasteiger charge is 2.31. The second-order valence-electron chi connectivity index (χ2n) is 1.88. The molecule has 0 aromatic rings. The summed E-state index contributed by atoms with van der Waals surface area (Å²) < 4.78 is 5.69. The fourth-order valence-electron chi connectivity index (χ4n) is 0.823. The first-order valence-corrected chi connectivity index (χ1v) is 4.37. The molecule has 1 heterocycles. The van der Waals surface area contributed by atoms with Crippen molar-refractivity contribution in [3.63, 3.8) is 0 Å². The van der Waals surface area contributed by atoms with Crippen molar-refractivity contribution in [3.8, 4) is 0 Å². The van der Waals surface area contributed by atoms with Crippen molar-refractivity contribution in [2.75, 3.05) is 17.6 Å². The van der Waals surface area contributed by atoms with Gasteiger partial charge in [-0.1, -0.05) is 27.6 Å². The number of ether oxygens (including phenoxy) is 1. The number of rotatable bonds is 2. The Morgan fingerprint density at radius 3 is 3.00 bits per heavy atom. The Morgan fingerprint density at radius 2 is 2.60 bits per heavy atom. The van der Waals surface area contributed by atoms with Gasteiger partial charge in [-0.2, -0.15) is 0 Å². The first-order valence-electron chi connectivity index (χ1n) is 2.84. The van der Waals surface area contributed by atoms with E-state index >= 15 is 0 Å². The monoisotopic (exact) mass is 258 g/mol. The molecule has 1 aliphatic heterocycles. The molecule has 0 spiro atoms. The average Bonchev–Trinajstić information content (AvgIpc) is 2.33. The molecule has 5 nitrogen and oxygen atoms in total. The molecule has 0 bridgehead atoms. The van der Waals surface area contributed by atoms with Gasteiger partial charge in [-0.25, -0.2) is 10.1 Å². The van der Waals surface area contributed by atoms with E-state index < -0.39 is 5.03 Å². The van der Waals surface area contributed by atoms with Crippen LogP contribution in [0.25, 0.3) is 0 Å². The first kappa shape index (κ1) is 7.99. The van der Waals surface area contributed by atoms with Crippen LogP contribution in [0.4, 0.5) is 0 Å². The molecule has 1 aliphatic rings. The highest BCUT2D eigenvalue weighted by Crippen LogP contribution is 2.11. The topological polar surface area (TPSA) is 55.6 Å². The fraction of sp³-hybridized carbons (Fsp3) is 1.00. The van der Waals surface area contributed by atoms with Crippen molar-refractivity contribution >= 4 is 22.6 Å². The number of nitrogens with zero attached hydrogens (tertiary/aromatic N) is 2. The van der Waals surface area contributed by atoms with E-state index in [4.69, 9.17) is 4.74 Å². The zero-order valence-electron chi connectivity index (χ0n) is 5.20. The molecule has 10 heavy (non-hydrogen) atoms. The van der Waals surface area contributed by atoms with Crippen molar-refractivity contribution in [1.29, 1.82) is 0 Å². The number of hydrogen-bond donors (Lipinski definition) is 0. The molecule has 0 saturated carbocycles. The average molecular weight is 258 g/mol. The molecule has 1 atom stereocenters. The van der Waals surface area contributed by atoms with E-state index in [1.807, 2.05) is 0 Å². The summed E-state index contributed by atoms with van der Waals surface area (Å²) in [5, 5.41) is 10.9. The van der Waals surface area contributed by atoms with Crippen LogP contribution in [0.15, 0.2) is 0 Å². The maximum absolute atomic E-state index is 10.2. The zero-order valence-corrected chi connectivity index (χ0v) is 7.35. The maximum atomic E-state index is 10.2. The summed E-state index contributed by atoms with van der Waals surface area (Å²) in [5.41, 5.74) is 0. The third-order valence-electron chi connectivity index (χ3n) is 1.30. The smallest absolute Gasteiger partial charge is 0.196 e. The minimum absolute atomic E-state index is 0.324. The van der Waals surface area contributed by atoms with Gasteiger partial charge in [0.2, 0.25) is 0 Å². The van der Waals surface area contributed by atoms with Crippen LogP contribution >= 0.6 is 22.6 Å². The maximum Gasteiger partial charge on any atom is 0.196 e. The zero-order chi connectivity index (χ0) is 7.56. The summed E-state index contributed by atoms with van der Waals surface area (Å²) in [5.74, 6) is 0. The minimum atomic E-state index is -0.406. The van der Waals surface area contributed by atoms with Gasteiger partial charge in [0.05, 0.1) is 11.0 Å². The molecule has 1 saturated heterocycles. The number of halogens is 1. The quantitative estimate of drug-likeness (QED) is 0.309. The second kappa shape index (κ2) is 3.33. The van der Waals surface area contributed by atoms with Gasteiger partial charge < -0.3 is 4.74 Å². The molecule has 0 aliphatic carbocycles. The minimum Gasteiger partial charge on any atom is -0.350 e. The lowest BCUT2D eigenvalue weighted by molar-refractivity contribution is -0.663. The first-order chi connectivity index (χ1) is 4.75. The van der Waals surface area contributed by atoms with Gasteiger partial charge in [0, 0.05) is 0 Å².